The van der Waals surface area contributed by atoms with Crippen LogP contribution < -0.4 is 10.5 Å². The van der Waals surface area contributed by atoms with Crippen LogP contribution in [0.1, 0.15) is 5.56 Å². The van der Waals surface area contributed by atoms with Crippen LogP contribution in [0.5, 0.6) is 11.6 Å². The summed E-state index contributed by atoms with van der Waals surface area (Å²) in [6.45, 7) is 2.01. The van der Waals surface area contributed by atoms with Crippen molar-refractivity contribution < 1.29 is 4.74 Å². The molecule has 1 aromatic heterocycles. The minimum atomic E-state index is 0.447. The molecule has 2 rings (SSSR count). The Hall–Kier alpha value is -1.97. The summed E-state index contributed by atoms with van der Waals surface area (Å²) in [4.78, 5) is 0. The fourth-order valence-electron chi connectivity index (χ4n) is 1.36. The van der Waals surface area contributed by atoms with Gasteiger partial charge in [0.15, 0.2) is 0 Å². The van der Waals surface area contributed by atoms with E-state index in [0.717, 1.165) is 11.3 Å². The van der Waals surface area contributed by atoms with E-state index in [1.165, 1.54) is 0 Å². The molecule has 2 aromatic rings. The van der Waals surface area contributed by atoms with E-state index in [1.807, 2.05) is 31.2 Å². The van der Waals surface area contributed by atoms with Gasteiger partial charge in [0.05, 0.1) is 6.20 Å². The Kier molecular flexibility index (Phi) is 2.33. The Bertz CT molecular complexity index is 476. The molecule has 2 N–H and O–H groups in total. The van der Waals surface area contributed by atoms with Crippen LogP contribution in [0.3, 0.4) is 0 Å². The van der Waals surface area contributed by atoms with Gasteiger partial charge in [0.1, 0.15) is 11.4 Å². The van der Waals surface area contributed by atoms with E-state index < -0.39 is 0 Å². The lowest BCUT2D eigenvalue weighted by atomic mass is 10.2. The number of nitrogens with two attached hydrogens (primary N) is 1. The summed E-state index contributed by atoms with van der Waals surface area (Å²) in [5, 5.41) is 4.10. The third kappa shape index (κ3) is 2.10. The number of rotatable bonds is 2. The second-order valence-electron chi connectivity index (χ2n) is 3.48. The molecule has 0 atom stereocenters. The van der Waals surface area contributed by atoms with Gasteiger partial charge in [-0.05, 0) is 24.6 Å². The molecule has 0 saturated heterocycles. The van der Waals surface area contributed by atoms with Gasteiger partial charge in [-0.3, -0.25) is 4.68 Å². The maximum absolute atomic E-state index is 5.72. The molecular weight excluding hydrogens is 190 g/mol. The Morgan fingerprint density at radius 1 is 1.40 bits per heavy atom. The third-order valence-corrected chi connectivity index (χ3v) is 2.03. The first-order valence-electron chi connectivity index (χ1n) is 4.69. The number of hydrogen-bond donors (Lipinski definition) is 1. The van der Waals surface area contributed by atoms with Crippen molar-refractivity contribution in [1.29, 1.82) is 0 Å². The number of benzene rings is 1. The SMILES string of the molecule is Cc1cccc(Oc2nn(C)cc2N)c1. The normalized spacial score (nSPS) is 10.3. The largest absolute Gasteiger partial charge is 0.436 e. The van der Waals surface area contributed by atoms with E-state index >= 15 is 0 Å². The molecule has 0 spiro atoms. The summed E-state index contributed by atoms with van der Waals surface area (Å²) in [5.74, 6) is 1.20. The maximum atomic E-state index is 5.72. The molecule has 0 radical (unpaired) electrons. The topological polar surface area (TPSA) is 53.1 Å². The highest BCUT2D eigenvalue weighted by Crippen LogP contribution is 2.25. The van der Waals surface area contributed by atoms with Crippen molar-refractivity contribution in [2.75, 3.05) is 5.73 Å². The quantitative estimate of drug-likeness (QED) is 0.813. The summed E-state index contributed by atoms with van der Waals surface area (Å²) in [6, 6.07) is 7.76. The summed E-state index contributed by atoms with van der Waals surface area (Å²) < 4.78 is 7.18. The van der Waals surface area contributed by atoms with Gasteiger partial charge in [0.25, 0.3) is 5.88 Å². The molecule has 78 valence electrons. The summed E-state index contributed by atoms with van der Waals surface area (Å²) in [7, 11) is 1.81. The van der Waals surface area contributed by atoms with Gasteiger partial charge < -0.3 is 10.5 Å². The van der Waals surface area contributed by atoms with Gasteiger partial charge in [-0.1, -0.05) is 12.1 Å². The molecule has 0 amide bonds. The Balaban J connectivity index is 2.25. The first-order valence-corrected chi connectivity index (χ1v) is 4.69. The van der Waals surface area contributed by atoms with Gasteiger partial charge in [-0.2, -0.15) is 0 Å². The zero-order valence-electron chi connectivity index (χ0n) is 8.77. The van der Waals surface area contributed by atoms with E-state index in [4.69, 9.17) is 10.5 Å². The summed E-state index contributed by atoms with van der Waals surface area (Å²) in [5.41, 5.74) is 7.40. The van der Waals surface area contributed by atoms with Gasteiger partial charge in [0.2, 0.25) is 0 Å². The van der Waals surface area contributed by atoms with Crippen molar-refractivity contribution in [3.05, 3.63) is 36.0 Å². The maximum Gasteiger partial charge on any atom is 0.261 e. The molecule has 0 aliphatic heterocycles. The summed E-state index contributed by atoms with van der Waals surface area (Å²) >= 11 is 0. The van der Waals surface area contributed by atoms with E-state index in [-0.39, 0.29) is 0 Å². The molecular formula is C11H13N3O. The Labute approximate surface area is 88.3 Å². The Morgan fingerprint density at radius 2 is 2.20 bits per heavy atom. The smallest absolute Gasteiger partial charge is 0.261 e. The fraction of sp³-hybridized carbons (Fsp3) is 0.182. The molecule has 0 saturated carbocycles. The predicted octanol–water partition coefficient (Wildman–Crippen LogP) is 2.10. The van der Waals surface area contributed by atoms with Crippen molar-refractivity contribution in [3.63, 3.8) is 0 Å². The number of anilines is 1. The van der Waals surface area contributed by atoms with Crippen molar-refractivity contribution >= 4 is 5.69 Å². The number of nitrogens with zero attached hydrogens (tertiary/aromatic N) is 2. The van der Waals surface area contributed by atoms with Crippen LogP contribution in [0.25, 0.3) is 0 Å². The fourth-order valence-corrected chi connectivity index (χ4v) is 1.36. The molecule has 15 heavy (non-hydrogen) atoms. The summed E-state index contributed by atoms with van der Waals surface area (Å²) in [6.07, 6.45) is 1.71. The average molecular weight is 203 g/mol. The lowest BCUT2D eigenvalue weighted by molar-refractivity contribution is 0.455. The lowest BCUT2D eigenvalue weighted by Gasteiger charge is -2.03. The van der Waals surface area contributed by atoms with E-state index in [0.29, 0.717) is 11.6 Å². The Morgan fingerprint density at radius 3 is 2.80 bits per heavy atom. The number of nitrogen functional groups attached to an aromatic ring is 1. The molecule has 0 aliphatic rings. The first kappa shape index (κ1) is 9.58. The highest BCUT2D eigenvalue weighted by molar-refractivity contribution is 5.48. The van der Waals surface area contributed by atoms with Crippen molar-refractivity contribution in [2.24, 2.45) is 7.05 Å². The molecule has 4 nitrogen and oxygen atoms in total. The number of aryl methyl sites for hydroxylation is 2. The molecule has 4 heteroatoms. The van der Waals surface area contributed by atoms with Crippen molar-refractivity contribution in [1.82, 2.24) is 9.78 Å². The number of aromatic nitrogens is 2. The standard InChI is InChI=1S/C11H13N3O/c1-8-4-3-5-9(6-8)15-11-10(12)7-14(2)13-11/h3-7H,12H2,1-2H3. The highest BCUT2D eigenvalue weighted by atomic mass is 16.5. The molecule has 0 unspecified atom stereocenters. The van der Waals surface area contributed by atoms with E-state index in [9.17, 15) is 0 Å². The second-order valence-corrected chi connectivity index (χ2v) is 3.48. The first-order chi connectivity index (χ1) is 7.15. The van der Waals surface area contributed by atoms with Crippen LogP contribution in [0.15, 0.2) is 30.5 Å². The third-order valence-electron chi connectivity index (χ3n) is 2.03. The molecule has 0 bridgehead atoms. The molecule has 0 fully saturated rings. The van der Waals surface area contributed by atoms with Gasteiger partial charge in [-0.15, -0.1) is 5.10 Å². The zero-order valence-corrected chi connectivity index (χ0v) is 8.77. The van der Waals surface area contributed by atoms with Crippen LogP contribution in [-0.2, 0) is 7.05 Å². The monoisotopic (exact) mass is 203 g/mol. The van der Waals surface area contributed by atoms with Gasteiger partial charge in [0, 0.05) is 7.05 Å². The minimum absolute atomic E-state index is 0.447. The van der Waals surface area contributed by atoms with E-state index in [2.05, 4.69) is 5.10 Å². The highest BCUT2D eigenvalue weighted by Gasteiger charge is 2.06. The van der Waals surface area contributed by atoms with Crippen LogP contribution in [0, 0.1) is 6.92 Å². The van der Waals surface area contributed by atoms with E-state index in [1.54, 1.807) is 17.9 Å². The zero-order chi connectivity index (χ0) is 10.8. The lowest BCUT2D eigenvalue weighted by Crippen LogP contribution is -1.91. The molecule has 1 heterocycles. The van der Waals surface area contributed by atoms with Crippen LogP contribution in [-0.4, -0.2) is 9.78 Å². The average Bonchev–Trinajstić information content (AvgIpc) is 2.45. The van der Waals surface area contributed by atoms with Crippen LogP contribution >= 0.6 is 0 Å². The number of ether oxygens (including phenoxy) is 1. The van der Waals surface area contributed by atoms with Crippen LogP contribution in [0.2, 0.25) is 0 Å². The second kappa shape index (κ2) is 3.65. The molecule has 1 aromatic carbocycles. The van der Waals surface area contributed by atoms with Crippen molar-refractivity contribution in [3.8, 4) is 11.6 Å². The predicted molar refractivity (Wildman–Crippen MR) is 58.9 cm³/mol. The van der Waals surface area contributed by atoms with Crippen molar-refractivity contribution in [2.45, 2.75) is 6.92 Å². The molecule has 0 aliphatic carbocycles. The van der Waals surface area contributed by atoms with Gasteiger partial charge in [-0.25, -0.2) is 0 Å². The van der Waals surface area contributed by atoms with Crippen LogP contribution in [0.4, 0.5) is 5.69 Å². The number of hydrogen-bond acceptors (Lipinski definition) is 3. The minimum Gasteiger partial charge on any atom is -0.436 e. The van der Waals surface area contributed by atoms with Gasteiger partial charge >= 0.3 is 0 Å².